The van der Waals surface area contributed by atoms with Gasteiger partial charge in [0.2, 0.25) is 5.91 Å². The van der Waals surface area contributed by atoms with Crippen molar-refractivity contribution in [3.05, 3.63) is 58.5 Å². The van der Waals surface area contributed by atoms with Gasteiger partial charge in [-0.15, -0.1) is 0 Å². The quantitative estimate of drug-likeness (QED) is 0.345. The molecule has 1 aromatic heterocycles. The summed E-state index contributed by atoms with van der Waals surface area (Å²) in [6, 6.07) is 11.5. The molecule has 2 heterocycles. The van der Waals surface area contributed by atoms with Crippen LogP contribution in [0.25, 0.3) is 11.0 Å². The maximum absolute atomic E-state index is 13.5. The second-order valence-corrected chi connectivity index (χ2v) is 10.4. The number of hydrogen-bond donors (Lipinski definition) is 1. The molecule has 0 aliphatic carbocycles. The lowest BCUT2D eigenvalue weighted by atomic mass is 10.0. The summed E-state index contributed by atoms with van der Waals surface area (Å²) in [5, 5.41) is 2.63. The third-order valence-corrected chi connectivity index (χ3v) is 6.39. The standard InChI is InChI=1S/C28H34N4O7/c1-28(2,3)39-26(35)29-14-15-38-20-10-11-21-23(16-20)30(4)27(36)32(21)22-12-13-24(33)31(25(22)34)17-18-6-8-19(37-5)9-7-18/h6-11,16,22H,12-15,17H2,1-5H3,(H,29,35). The first-order valence-corrected chi connectivity index (χ1v) is 12.8. The molecule has 1 N–H and O–H groups in total. The molecule has 39 heavy (non-hydrogen) atoms. The van der Waals surface area contributed by atoms with Gasteiger partial charge in [-0.05, 0) is 57.0 Å². The molecule has 4 rings (SSSR count). The molecule has 0 bridgehead atoms. The van der Waals surface area contributed by atoms with Crippen molar-refractivity contribution >= 4 is 28.9 Å². The van der Waals surface area contributed by atoms with E-state index >= 15 is 0 Å². The number of imide groups is 1. The van der Waals surface area contributed by atoms with Gasteiger partial charge in [-0.25, -0.2) is 9.59 Å². The van der Waals surface area contributed by atoms with Gasteiger partial charge in [-0.1, -0.05) is 12.1 Å². The largest absolute Gasteiger partial charge is 0.497 e. The number of methoxy groups -OCH3 is 1. The number of nitrogens with one attached hydrogen (secondary N) is 1. The minimum absolute atomic E-state index is 0.118. The average Bonchev–Trinajstić information content (AvgIpc) is 3.13. The zero-order valence-electron chi connectivity index (χ0n) is 22.9. The molecule has 1 unspecified atom stereocenters. The van der Waals surface area contributed by atoms with E-state index in [1.165, 1.54) is 14.0 Å². The van der Waals surface area contributed by atoms with Gasteiger partial charge in [-0.3, -0.25) is 23.6 Å². The molecular weight excluding hydrogens is 504 g/mol. The van der Waals surface area contributed by atoms with E-state index in [9.17, 15) is 19.2 Å². The fourth-order valence-electron chi connectivity index (χ4n) is 4.51. The minimum Gasteiger partial charge on any atom is -0.497 e. The summed E-state index contributed by atoms with van der Waals surface area (Å²) in [5.41, 5.74) is 0.994. The number of rotatable bonds is 8. The Balaban J connectivity index is 1.49. The van der Waals surface area contributed by atoms with Crippen molar-refractivity contribution in [1.29, 1.82) is 0 Å². The van der Waals surface area contributed by atoms with Crippen LogP contribution in [0.5, 0.6) is 11.5 Å². The van der Waals surface area contributed by atoms with Crippen molar-refractivity contribution in [2.45, 2.75) is 51.8 Å². The molecule has 1 atom stereocenters. The van der Waals surface area contributed by atoms with E-state index in [2.05, 4.69) is 5.32 Å². The fourth-order valence-corrected chi connectivity index (χ4v) is 4.51. The van der Waals surface area contributed by atoms with Crippen molar-refractivity contribution in [1.82, 2.24) is 19.4 Å². The Morgan fingerprint density at radius 1 is 1.03 bits per heavy atom. The SMILES string of the molecule is COc1ccc(CN2C(=O)CCC(n3c(=O)n(C)c4cc(OCCNC(=O)OC(C)(C)C)ccc43)C2=O)cc1. The van der Waals surface area contributed by atoms with Crippen LogP contribution in [0.4, 0.5) is 4.79 Å². The van der Waals surface area contributed by atoms with Gasteiger partial charge in [0.05, 0.1) is 31.2 Å². The Labute approximate surface area is 226 Å². The van der Waals surface area contributed by atoms with E-state index in [4.69, 9.17) is 14.2 Å². The Morgan fingerprint density at radius 2 is 1.72 bits per heavy atom. The number of amides is 3. The summed E-state index contributed by atoms with van der Waals surface area (Å²) < 4.78 is 19.0. The third-order valence-electron chi connectivity index (χ3n) is 6.39. The monoisotopic (exact) mass is 538 g/mol. The van der Waals surface area contributed by atoms with Gasteiger partial charge < -0.3 is 19.5 Å². The normalized spacial score (nSPS) is 15.9. The number of fused-ring (bicyclic) bond motifs is 1. The van der Waals surface area contributed by atoms with Gasteiger partial charge in [0.1, 0.15) is 29.7 Å². The smallest absolute Gasteiger partial charge is 0.407 e. The topological polar surface area (TPSA) is 121 Å². The number of likely N-dealkylation sites (tertiary alicyclic amines) is 1. The molecule has 2 aromatic carbocycles. The first-order valence-electron chi connectivity index (χ1n) is 12.8. The Hall–Kier alpha value is -4.28. The van der Waals surface area contributed by atoms with E-state index < -0.39 is 23.6 Å². The van der Waals surface area contributed by atoms with Crippen molar-refractivity contribution in [3.8, 4) is 11.5 Å². The number of benzene rings is 2. The predicted molar refractivity (Wildman–Crippen MR) is 144 cm³/mol. The second kappa shape index (κ2) is 11.2. The molecule has 208 valence electrons. The maximum Gasteiger partial charge on any atom is 0.407 e. The molecular formula is C28H34N4O7. The van der Waals surface area contributed by atoms with Crippen LogP contribution in [-0.4, -0.2) is 57.8 Å². The number of imidazole rings is 1. The molecule has 1 aliphatic heterocycles. The number of carbonyl (C=O) groups is 3. The Bertz CT molecular complexity index is 1430. The first-order chi connectivity index (χ1) is 18.5. The molecule has 1 fully saturated rings. The zero-order valence-corrected chi connectivity index (χ0v) is 22.9. The highest BCUT2D eigenvalue weighted by molar-refractivity contribution is 6.00. The lowest BCUT2D eigenvalue weighted by Gasteiger charge is -2.31. The Kier molecular flexibility index (Phi) is 7.98. The summed E-state index contributed by atoms with van der Waals surface area (Å²) in [6.45, 7) is 5.90. The van der Waals surface area contributed by atoms with Crippen LogP contribution in [-0.2, 0) is 27.9 Å². The van der Waals surface area contributed by atoms with Crippen LogP contribution in [0.15, 0.2) is 47.3 Å². The third kappa shape index (κ3) is 6.24. The van der Waals surface area contributed by atoms with Crippen LogP contribution < -0.4 is 20.5 Å². The molecule has 11 heteroatoms. The molecule has 1 saturated heterocycles. The highest BCUT2D eigenvalue weighted by Gasteiger charge is 2.37. The van der Waals surface area contributed by atoms with Crippen molar-refractivity contribution in [2.75, 3.05) is 20.3 Å². The number of aryl methyl sites for hydroxylation is 1. The van der Waals surface area contributed by atoms with E-state index in [-0.39, 0.29) is 44.1 Å². The predicted octanol–water partition coefficient (Wildman–Crippen LogP) is 3.14. The van der Waals surface area contributed by atoms with Crippen LogP contribution in [0.1, 0.15) is 45.2 Å². The van der Waals surface area contributed by atoms with Gasteiger partial charge >= 0.3 is 11.8 Å². The number of ether oxygens (including phenoxy) is 3. The van der Waals surface area contributed by atoms with E-state index in [1.54, 1.807) is 77.4 Å². The van der Waals surface area contributed by atoms with Crippen molar-refractivity contribution in [3.63, 3.8) is 0 Å². The minimum atomic E-state index is -0.804. The number of carbonyl (C=O) groups excluding carboxylic acids is 3. The molecule has 3 amide bonds. The van der Waals surface area contributed by atoms with E-state index in [1.807, 2.05) is 0 Å². The first kappa shape index (κ1) is 27.7. The fraction of sp³-hybridized carbons (Fsp3) is 0.429. The van der Waals surface area contributed by atoms with E-state index in [0.29, 0.717) is 22.5 Å². The van der Waals surface area contributed by atoms with Gasteiger partial charge in [0.25, 0.3) is 5.91 Å². The van der Waals surface area contributed by atoms with E-state index in [0.717, 1.165) is 5.56 Å². The molecule has 1 aliphatic rings. The number of aromatic nitrogens is 2. The van der Waals surface area contributed by atoms with Gasteiger partial charge in [0.15, 0.2) is 0 Å². The van der Waals surface area contributed by atoms with Crippen molar-refractivity contribution < 1.29 is 28.6 Å². The number of piperidine rings is 1. The summed E-state index contributed by atoms with van der Waals surface area (Å²) in [6.07, 6.45) is -0.135. The highest BCUT2D eigenvalue weighted by atomic mass is 16.6. The molecule has 0 spiro atoms. The number of nitrogens with zero attached hydrogens (tertiary/aromatic N) is 3. The lowest BCUT2D eigenvalue weighted by Crippen LogP contribution is -2.47. The Morgan fingerprint density at radius 3 is 2.38 bits per heavy atom. The average molecular weight is 539 g/mol. The van der Waals surface area contributed by atoms with Crippen LogP contribution in [0.2, 0.25) is 0 Å². The van der Waals surface area contributed by atoms with Crippen LogP contribution in [0, 0.1) is 0 Å². The summed E-state index contributed by atoms with van der Waals surface area (Å²) in [5.74, 6) is 0.506. The molecule has 11 nitrogen and oxygen atoms in total. The molecule has 0 radical (unpaired) electrons. The van der Waals surface area contributed by atoms with Crippen LogP contribution in [0.3, 0.4) is 0 Å². The highest BCUT2D eigenvalue weighted by Crippen LogP contribution is 2.29. The van der Waals surface area contributed by atoms with Gasteiger partial charge in [-0.2, -0.15) is 0 Å². The summed E-state index contributed by atoms with van der Waals surface area (Å²) >= 11 is 0. The van der Waals surface area contributed by atoms with Crippen LogP contribution >= 0.6 is 0 Å². The number of hydrogen-bond acceptors (Lipinski definition) is 7. The molecule has 0 saturated carbocycles. The lowest BCUT2D eigenvalue weighted by molar-refractivity contribution is -0.151. The maximum atomic E-state index is 13.5. The number of alkyl carbamates (subject to hydrolysis) is 1. The zero-order chi connectivity index (χ0) is 28.3. The molecule has 3 aromatic rings. The second-order valence-electron chi connectivity index (χ2n) is 10.4. The van der Waals surface area contributed by atoms with Gasteiger partial charge in [0, 0.05) is 19.5 Å². The summed E-state index contributed by atoms with van der Waals surface area (Å²) in [7, 11) is 3.20. The van der Waals surface area contributed by atoms with Crippen molar-refractivity contribution in [2.24, 2.45) is 7.05 Å². The summed E-state index contributed by atoms with van der Waals surface area (Å²) in [4.78, 5) is 52.4.